The average molecular weight is 474 g/mol. The van der Waals surface area contributed by atoms with Crippen LogP contribution in [-0.4, -0.2) is 52.4 Å². The highest BCUT2D eigenvalue weighted by Gasteiger charge is 2.35. The van der Waals surface area contributed by atoms with Gasteiger partial charge in [0.15, 0.2) is 12.4 Å². The molecule has 1 N–H and O–H groups in total. The van der Waals surface area contributed by atoms with Gasteiger partial charge in [-0.3, -0.25) is 9.69 Å². The summed E-state index contributed by atoms with van der Waals surface area (Å²) in [5.74, 6) is -1.06. The minimum Gasteiger partial charge on any atom is -0.465 e. The number of amides is 1. The van der Waals surface area contributed by atoms with Gasteiger partial charge in [0.1, 0.15) is 17.2 Å². The van der Waals surface area contributed by atoms with E-state index in [2.05, 4.69) is 22.0 Å². The van der Waals surface area contributed by atoms with E-state index in [0.717, 1.165) is 38.6 Å². The van der Waals surface area contributed by atoms with E-state index >= 15 is 0 Å². The second-order valence-electron chi connectivity index (χ2n) is 7.25. The van der Waals surface area contributed by atoms with Crippen LogP contribution in [0.15, 0.2) is 40.8 Å². The molecule has 1 saturated heterocycles. The van der Waals surface area contributed by atoms with Gasteiger partial charge in [0.25, 0.3) is 0 Å². The third kappa shape index (κ3) is 3.92. The van der Waals surface area contributed by atoms with Gasteiger partial charge in [-0.15, -0.1) is 0 Å². The van der Waals surface area contributed by atoms with Gasteiger partial charge in [-0.1, -0.05) is 34.1 Å². The normalized spacial score (nSPS) is 16.3. The second kappa shape index (κ2) is 8.47. The van der Waals surface area contributed by atoms with Crippen molar-refractivity contribution in [3.05, 3.63) is 47.5 Å². The molecule has 2 aromatic carbocycles. The summed E-state index contributed by atoms with van der Waals surface area (Å²) >= 11 is 3.43. The van der Waals surface area contributed by atoms with Gasteiger partial charge in [0.05, 0.1) is 0 Å². The molecular formula is C22H20BrNO6. The fraction of sp³-hybridized carbons (Fsp3) is 0.318. The first-order valence-electron chi connectivity index (χ1n) is 9.68. The molecule has 1 atom stereocenters. The number of ketones is 1. The zero-order valence-corrected chi connectivity index (χ0v) is 17.7. The summed E-state index contributed by atoms with van der Waals surface area (Å²) in [5, 5.41) is 11.9. The van der Waals surface area contributed by atoms with Crippen LogP contribution in [0.2, 0.25) is 0 Å². The summed E-state index contributed by atoms with van der Waals surface area (Å²) in [7, 11) is 0. The number of furan rings is 1. The van der Waals surface area contributed by atoms with Crippen molar-refractivity contribution in [2.24, 2.45) is 0 Å². The Bertz CT molecular complexity index is 1140. The first kappa shape index (κ1) is 20.4. The first-order valence-corrected chi connectivity index (χ1v) is 10.8. The molecule has 0 spiro atoms. The molecule has 30 heavy (non-hydrogen) atoms. The minimum atomic E-state index is -1.16. The number of esters is 1. The summed E-state index contributed by atoms with van der Waals surface area (Å²) in [5.41, 5.74) is 2.88. The van der Waals surface area contributed by atoms with Crippen LogP contribution in [0.4, 0.5) is 4.79 Å². The van der Waals surface area contributed by atoms with Crippen molar-refractivity contribution < 1.29 is 28.6 Å². The van der Waals surface area contributed by atoms with E-state index in [4.69, 9.17) is 14.3 Å². The third-order valence-electron chi connectivity index (χ3n) is 5.36. The topological polar surface area (TPSA) is 97.1 Å². The van der Waals surface area contributed by atoms with Crippen molar-refractivity contribution in [2.75, 3.05) is 18.5 Å². The molecule has 0 aliphatic carbocycles. The largest absolute Gasteiger partial charge is 0.465 e. The van der Waals surface area contributed by atoms with Gasteiger partial charge in [0.2, 0.25) is 0 Å². The zero-order valence-electron chi connectivity index (χ0n) is 16.1. The summed E-state index contributed by atoms with van der Waals surface area (Å²) in [6.07, 6.45) is 0.736. The molecule has 1 aliphatic rings. The number of carboxylic acid groups (broad SMARTS) is 1. The molecule has 0 saturated carbocycles. The smallest absolute Gasteiger partial charge is 0.408 e. The van der Waals surface area contributed by atoms with Gasteiger partial charge >= 0.3 is 12.1 Å². The van der Waals surface area contributed by atoms with Crippen LogP contribution in [0.5, 0.6) is 0 Å². The Kier molecular flexibility index (Phi) is 5.76. The van der Waals surface area contributed by atoms with E-state index < -0.39 is 24.7 Å². The molecule has 1 fully saturated rings. The van der Waals surface area contributed by atoms with Crippen LogP contribution < -0.4 is 0 Å². The Morgan fingerprint density at radius 3 is 2.60 bits per heavy atom. The van der Waals surface area contributed by atoms with E-state index in [9.17, 15) is 14.4 Å². The summed E-state index contributed by atoms with van der Waals surface area (Å²) in [6, 6.07) is 10.4. The summed E-state index contributed by atoms with van der Waals surface area (Å²) < 4.78 is 11.0. The fourth-order valence-electron chi connectivity index (χ4n) is 3.82. The maximum absolute atomic E-state index is 12.5. The number of likely N-dealkylation sites (tertiary alicyclic amines) is 1. The number of alkyl halides is 1. The number of aryl methyl sites for hydroxylation is 1. The maximum atomic E-state index is 12.5. The number of hydrogen-bond donors (Lipinski definition) is 1. The lowest BCUT2D eigenvalue weighted by Crippen LogP contribution is -2.41. The Hall–Kier alpha value is -2.87. The van der Waals surface area contributed by atoms with Crippen molar-refractivity contribution in [3.63, 3.8) is 0 Å². The van der Waals surface area contributed by atoms with E-state index in [-0.39, 0.29) is 5.78 Å². The lowest BCUT2D eigenvalue weighted by Gasteiger charge is -2.19. The number of carbonyl (C=O) groups excluding carboxylic acids is 2. The highest BCUT2D eigenvalue weighted by atomic mass is 79.9. The fourth-order valence-corrected chi connectivity index (χ4v) is 4.27. The monoisotopic (exact) mass is 473 g/mol. The summed E-state index contributed by atoms with van der Waals surface area (Å²) in [6.45, 7) is -0.146. The van der Waals surface area contributed by atoms with Crippen LogP contribution in [0, 0.1) is 0 Å². The van der Waals surface area contributed by atoms with Gasteiger partial charge in [0, 0.05) is 28.2 Å². The van der Waals surface area contributed by atoms with Crippen LogP contribution in [-0.2, 0) is 16.0 Å². The van der Waals surface area contributed by atoms with Gasteiger partial charge in [-0.25, -0.2) is 9.59 Å². The van der Waals surface area contributed by atoms with Crippen molar-refractivity contribution >= 4 is 55.7 Å². The van der Waals surface area contributed by atoms with Crippen LogP contribution in [0.3, 0.4) is 0 Å². The molecule has 2 heterocycles. The molecule has 1 unspecified atom stereocenters. The van der Waals surface area contributed by atoms with Gasteiger partial charge in [-0.05, 0) is 43.0 Å². The van der Waals surface area contributed by atoms with Gasteiger partial charge < -0.3 is 14.3 Å². The van der Waals surface area contributed by atoms with E-state index in [1.807, 2.05) is 18.2 Å². The molecule has 4 rings (SSSR count). The Morgan fingerprint density at radius 2 is 1.87 bits per heavy atom. The molecular weight excluding hydrogens is 454 g/mol. The van der Waals surface area contributed by atoms with Crippen LogP contribution >= 0.6 is 15.9 Å². The number of fused-ring (bicyclic) bond motifs is 3. The summed E-state index contributed by atoms with van der Waals surface area (Å²) in [4.78, 5) is 37.0. The van der Waals surface area contributed by atoms with Crippen molar-refractivity contribution in [2.45, 2.75) is 25.3 Å². The molecule has 8 heteroatoms. The molecule has 3 aromatic rings. The lowest BCUT2D eigenvalue weighted by molar-refractivity contribution is -0.147. The van der Waals surface area contributed by atoms with Crippen molar-refractivity contribution in [1.29, 1.82) is 0 Å². The van der Waals surface area contributed by atoms with Crippen LogP contribution in [0.1, 0.15) is 28.8 Å². The molecule has 0 radical (unpaired) electrons. The quantitative estimate of drug-likeness (QED) is 0.323. The highest BCUT2D eigenvalue weighted by Crippen LogP contribution is 2.30. The highest BCUT2D eigenvalue weighted by molar-refractivity contribution is 9.09. The molecule has 7 nitrogen and oxygen atoms in total. The number of hydrogen-bond acceptors (Lipinski definition) is 5. The van der Waals surface area contributed by atoms with Gasteiger partial charge in [-0.2, -0.15) is 0 Å². The molecule has 1 aromatic heterocycles. The molecule has 156 valence electrons. The number of rotatable bonds is 6. The molecule has 1 aliphatic heterocycles. The Balaban J connectivity index is 1.48. The molecule has 1 amide bonds. The predicted molar refractivity (Wildman–Crippen MR) is 114 cm³/mol. The second-order valence-corrected chi connectivity index (χ2v) is 8.04. The number of halogens is 1. The Morgan fingerprint density at radius 1 is 1.13 bits per heavy atom. The number of Topliss-reactive ketones (excluding diaryl/α,β-unsaturated/α-hetero) is 1. The predicted octanol–water partition coefficient (Wildman–Crippen LogP) is 4.39. The molecule has 0 bridgehead atoms. The standard InChI is InChI=1S/C22H20BrNO6/c23-8-7-13-3-5-15-16-6-4-14(11-20(16)30-19(15)10-13)18(25)12-29-21(26)17-2-1-9-24(17)22(27)28/h3-6,10-11,17H,1-2,7-9,12H2,(H,27,28). The number of nitrogens with zero attached hydrogens (tertiary/aromatic N) is 1. The first-order chi connectivity index (χ1) is 14.5. The number of ether oxygens (including phenoxy) is 1. The number of benzene rings is 2. The SMILES string of the molecule is O=C(COC(=O)C1CCCN1C(=O)O)c1ccc2c(c1)oc1cc(CCBr)ccc12. The maximum Gasteiger partial charge on any atom is 0.408 e. The van der Waals surface area contributed by atoms with Crippen molar-refractivity contribution in [1.82, 2.24) is 4.90 Å². The minimum absolute atomic E-state index is 0.295. The van der Waals surface area contributed by atoms with Crippen molar-refractivity contribution in [3.8, 4) is 0 Å². The van der Waals surface area contributed by atoms with E-state index in [1.165, 1.54) is 0 Å². The third-order valence-corrected chi connectivity index (χ3v) is 5.76. The Labute approximate surface area is 180 Å². The van der Waals surface area contributed by atoms with E-state index in [1.54, 1.807) is 12.1 Å². The zero-order chi connectivity index (χ0) is 21.3. The van der Waals surface area contributed by atoms with E-state index in [0.29, 0.717) is 30.5 Å². The lowest BCUT2D eigenvalue weighted by atomic mass is 10.1. The number of carbonyl (C=O) groups is 3. The van der Waals surface area contributed by atoms with Crippen LogP contribution in [0.25, 0.3) is 21.9 Å². The average Bonchev–Trinajstić information content (AvgIpc) is 3.36.